The number of methoxy groups -OCH3 is 1. The Bertz CT molecular complexity index is 1020. The van der Waals surface area contributed by atoms with Gasteiger partial charge in [-0.2, -0.15) is 0 Å². The molecule has 0 saturated heterocycles. The monoisotopic (exact) mass is 325 g/mol. The average Bonchev–Trinajstić information content (AvgIpc) is 2.68. The van der Waals surface area contributed by atoms with Gasteiger partial charge in [0.2, 0.25) is 0 Å². The lowest BCUT2D eigenvalue weighted by molar-refractivity contribution is 0.415. The number of fused-ring (bicyclic) bond motifs is 1. The quantitative estimate of drug-likeness (QED) is 0.469. The molecular formula is C23H19NO. The Morgan fingerprint density at radius 2 is 1.40 bits per heavy atom. The summed E-state index contributed by atoms with van der Waals surface area (Å²) in [5.74, 6) is 0.867. The van der Waals surface area contributed by atoms with E-state index in [1.807, 2.05) is 18.3 Å². The zero-order valence-electron chi connectivity index (χ0n) is 14.4. The molecule has 0 radical (unpaired) electrons. The van der Waals surface area contributed by atoms with Crippen LogP contribution in [0.1, 0.15) is 5.56 Å². The number of pyridine rings is 1. The highest BCUT2D eigenvalue weighted by Gasteiger charge is 2.07. The van der Waals surface area contributed by atoms with Crippen LogP contribution in [0.25, 0.3) is 33.2 Å². The van der Waals surface area contributed by atoms with Gasteiger partial charge in [-0.05, 0) is 59.5 Å². The van der Waals surface area contributed by atoms with Crippen LogP contribution >= 0.6 is 0 Å². The highest BCUT2D eigenvalue weighted by molar-refractivity contribution is 5.96. The molecule has 4 aromatic rings. The fourth-order valence-electron chi connectivity index (χ4n) is 3.09. The molecule has 0 spiro atoms. The van der Waals surface area contributed by atoms with Gasteiger partial charge < -0.3 is 4.74 Å². The third-order valence-electron chi connectivity index (χ3n) is 4.53. The summed E-state index contributed by atoms with van der Waals surface area (Å²) in [5, 5.41) is 1.17. The van der Waals surface area contributed by atoms with E-state index in [1.54, 1.807) is 7.11 Å². The van der Waals surface area contributed by atoms with Crippen LogP contribution in [0.3, 0.4) is 0 Å². The molecule has 0 unspecified atom stereocenters. The smallest absolute Gasteiger partial charge is 0.118 e. The predicted molar refractivity (Wildman–Crippen MR) is 104 cm³/mol. The number of aryl methyl sites for hydroxylation is 1. The van der Waals surface area contributed by atoms with Crippen molar-refractivity contribution in [3.63, 3.8) is 0 Å². The molecule has 0 aliphatic rings. The summed E-state index contributed by atoms with van der Waals surface area (Å²) in [5.41, 5.74) is 7.04. The van der Waals surface area contributed by atoms with Crippen LogP contribution in [0.4, 0.5) is 0 Å². The normalized spacial score (nSPS) is 10.8. The second kappa shape index (κ2) is 6.40. The second-order valence-corrected chi connectivity index (χ2v) is 6.18. The first-order valence-electron chi connectivity index (χ1n) is 8.35. The van der Waals surface area contributed by atoms with Gasteiger partial charge in [-0.15, -0.1) is 0 Å². The van der Waals surface area contributed by atoms with Gasteiger partial charge in [-0.3, -0.25) is 4.98 Å². The van der Waals surface area contributed by atoms with Gasteiger partial charge in [0.25, 0.3) is 0 Å². The Hall–Kier alpha value is -3.13. The number of benzene rings is 3. The lowest BCUT2D eigenvalue weighted by Crippen LogP contribution is -1.87. The fourth-order valence-corrected chi connectivity index (χ4v) is 3.09. The van der Waals surface area contributed by atoms with Gasteiger partial charge in [0, 0.05) is 11.6 Å². The zero-order chi connectivity index (χ0) is 17.2. The number of aromatic nitrogens is 1. The van der Waals surface area contributed by atoms with Crippen LogP contribution in [0.2, 0.25) is 0 Å². The summed E-state index contributed by atoms with van der Waals surface area (Å²) < 4.78 is 5.25. The minimum atomic E-state index is 0.867. The molecular weight excluding hydrogens is 306 g/mol. The van der Waals surface area contributed by atoms with Crippen LogP contribution in [0.5, 0.6) is 5.75 Å². The standard InChI is InChI=1S/C23H19NO/c1-16-3-5-18(6-4-16)21-13-14-24-23-12-9-19(15-22(21)23)17-7-10-20(25-2)11-8-17/h3-15H,1-2H3. The molecule has 0 atom stereocenters. The molecule has 1 heterocycles. The van der Waals surface area contributed by atoms with E-state index in [2.05, 4.69) is 72.6 Å². The highest BCUT2D eigenvalue weighted by atomic mass is 16.5. The van der Waals surface area contributed by atoms with Crippen LogP contribution in [-0.2, 0) is 0 Å². The Balaban J connectivity index is 1.86. The average molecular weight is 325 g/mol. The molecule has 0 fully saturated rings. The molecule has 122 valence electrons. The van der Waals surface area contributed by atoms with E-state index in [0.717, 1.165) is 11.3 Å². The van der Waals surface area contributed by atoms with Crippen LogP contribution in [0.15, 0.2) is 79.0 Å². The molecule has 0 aliphatic heterocycles. The number of ether oxygens (including phenoxy) is 1. The van der Waals surface area contributed by atoms with Crippen molar-refractivity contribution in [3.8, 4) is 28.0 Å². The number of nitrogens with zero attached hydrogens (tertiary/aromatic N) is 1. The summed E-state index contributed by atoms with van der Waals surface area (Å²) in [4.78, 5) is 4.53. The maximum absolute atomic E-state index is 5.25. The molecule has 0 N–H and O–H groups in total. The molecule has 3 aromatic carbocycles. The third-order valence-corrected chi connectivity index (χ3v) is 4.53. The van der Waals surface area contributed by atoms with Gasteiger partial charge in [-0.1, -0.05) is 48.0 Å². The summed E-state index contributed by atoms with van der Waals surface area (Å²) >= 11 is 0. The minimum absolute atomic E-state index is 0.867. The van der Waals surface area contributed by atoms with E-state index in [-0.39, 0.29) is 0 Å². The Kier molecular flexibility index (Phi) is 3.95. The molecule has 0 saturated carbocycles. The van der Waals surface area contributed by atoms with Crippen molar-refractivity contribution in [2.45, 2.75) is 6.92 Å². The third kappa shape index (κ3) is 2.99. The van der Waals surface area contributed by atoms with Gasteiger partial charge >= 0.3 is 0 Å². The topological polar surface area (TPSA) is 22.1 Å². The minimum Gasteiger partial charge on any atom is -0.497 e. The Labute approximate surface area is 147 Å². The molecule has 25 heavy (non-hydrogen) atoms. The zero-order valence-corrected chi connectivity index (χ0v) is 14.4. The van der Waals surface area contributed by atoms with Crippen molar-refractivity contribution < 1.29 is 4.74 Å². The molecule has 0 bridgehead atoms. The van der Waals surface area contributed by atoms with Gasteiger partial charge in [-0.25, -0.2) is 0 Å². The van der Waals surface area contributed by atoms with E-state index in [4.69, 9.17) is 4.74 Å². The van der Waals surface area contributed by atoms with Crippen molar-refractivity contribution >= 4 is 10.9 Å². The van der Waals surface area contributed by atoms with Crippen LogP contribution < -0.4 is 4.74 Å². The summed E-state index contributed by atoms with van der Waals surface area (Å²) in [6.45, 7) is 2.11. The maximum Gasteiger partial charge on any atom is 0.118 e. The summed E-state index contributed by atoms with van der Waals surface area (Å²) in [6.07, 6.45) is 1.88. The Morgan fingerprint density at radius 3 is 2.12 bits per heavy atom. The largest absolute Gasteiger partial charge is 0.497 e. The lowest BCUT2D eigenvalue weighted by atomic mass is 9.97. The van der Waals surface area contributed by atoms with E-state index in [9.17, 15) is 0 Å². The SMILES string of the molecule is COc1ccc(-c2ccc3nccc(-c4ccc(C)cc4)c3c2)cc1. The second-order valence-electron chi connectivity index (χ2n) is 6.18. The van der Waals surface area contributed by atoms with Gasteiger partial charge in [0.1, 0.15) is 5.75 Å². The lowest BCUT2D eigenvalue weighted by Gasteiger charge is -2.10. The van der Waals surface area contributed by atoms with E-state index in [1.165, 1.54) is 33.2 Å². The van der Waals surface area contributed by atoms with Crippen molar-refractivity contribution in [2.24, 2.45) is 0 Å². The molecule has 4 rings (SSSR count). The van der Waals surface area contributed by atoms with E-state index < -0.39 is 0 Å². The van der Waals surface area contributed by atoms with Crippen molar-refractivity contribution in [1.29, 1.82) is 0 Å². The molecule has 0 amide bonds. The van der Waals surface area contributed by atoms with Crippen molar-refractivity contribution in [2.75, 3.05) is 7.11 Å². The van der Waals surface area contributed by atoms with E-state index in [0.29, 0.717) is 0 Å². The molecule has 0 aliphatic carbocycles. The van der Waals surface area contributed by atoms with Crippen molar-refractivity contribution in [3.05, 3.63) is 84.6 Å². The van der Waals surface area contributed by atoms with Gasteiger partial charge in [0.05, 0.1) is 12.6 Å². The first kappa shape index (κ1) is 15.4. The first-order valence-corrected chi connectivity index (χ1v) is 8.35. The first-order chi connectivity index (χ1) is 12.2. The number of hydrogen-bond donors (Lipinski definition) is 0. The van der Waals surface area contributed by atoms with Gasteiger partial charge in [0.15, 0.2) is 0 Å². The molecule has 2 nitrogen and oxygen atoms in total. The predicted octanol–water partition coefficient (Wildman–Crippen LogP) is 5.89. The molecule has 2 heteroatoms. The highest BCUT2D eigenvalue weighted by Crippen LogP contribution is 2.31. The number of hydrogen-bond acceptors (Lipinski definition) is 2. The van der Waals surface area contributed by atoms with E-state index >= 15 is 0 Å². The molecule has 1 aromatic heterocycles. The number of rotatable bonds is 3. The summed E-state index contributed by atoms with van der Waals surface area (Å²) in [7, 11) is 1.69. The fraction of sp³-hybridized carbons (Fsp3) is 0.0870. The van der Waals surface area contributed by atoms with Crippen molar-refractivity contribution in [1.82, 2.24) is 4.98 Å². The summed E-state index contributed by atoms with van der Waals surface area (Å²) in [6, 6.07) is 25.3. The Morgan fingerprint density at radius 1 is 0.720 bits per heavy atom. The maximum atomic E-state index is 5.25. The van der Waals surface area contributed by atoms with Crippen LogP contribution in [-0.4, -0.2) is 12.1 Å². The van der Waals surface area contributed by atoms with Crippen LogP contribution in [0, 0.1) is 6.92 Å².